The monoisotopic (exact) mass is 275 g/mol. The first-order chi connectivity index (χ1) is 3.00. The Morgan fingerprint density at radius 1 is 1.67 bits per heavy atom. The molecule has 0 aromatic rings. The summed E-state index contributed by atoms with van der Waals surface area (Å²) in [7, 11) is 0. The molecule has 3 heteroatoms. The molecule has 2 nitrogen and oxygen atoms in total. The van der Waals surface area contributed by atoms with Gasteiger partial charge in [0.15, 0.2) is 0 Å². The van der Waals surface area contributed by atoms with E-state index in [0.717, 1.165) is 0 Å². The van der Waals surface area contributed by atoms with E-state index in [0.29, 0.717) is 0 Å². The molecule has 0 amide bonds. The third-order valence-electron chi connectivity index (χ3n) is 0.395. The third kappa shape index (κ3) is 1.17. The van der Waals surface area contributed by atoms with Crippen LogP contribution in [0.25, 0.3) is 0 Å². The molecule has 0 bridgehead atoms. The van der Waals surface area contributed by atoms with Crippen LogP contribution in [0.5, 0.6) is 0 Å². The Bertz CT molecular complexity index is 74.8. The standard InChI is InChI=1S/C3H3O2.Tl/c1-2-3-5-4;/h1-2,4H;/q-1;+1/p-1. The van der Waals surface area contributed by atoms with E-state index in [1.165, 1.54) is 0 Å². The molecule has 0 unspecified atom stereocenters. The van der Waals surface area contributed by atoms with E-state index in [2.05, 4.69) is 14.0 Å². The van der Waals surface area contributed by atoms with E-state index >= 15 is 0 Å². The van der Waals surface area contributed by atoms with Crippen LogP contribution in [0, 0.1) is 6.26 Å². The zero-order valence-corrected chi connectivity index (χ0v) is 7.54. The molecule has 1 heterocycles. The summed E-state index contributed by atoms with van der Waals surface area (Å²) in [6.45, 7) is 0. The van der Waals surface area contributed by atoms with E-state index in [1.54, 1.807) is 6.08 Å². The summed E-state index contributed by atoms with van der Waals surface area (Å²) in [5, 5.41) is 0. The Kier molecular flexibility index (Phi) is 1.83. The normalized spacial score (nSPS) is 16.0. The van der Waals surface area contributed by atoms with Gasteiger partial charge in [0.2, 0.25) is 0 Å². The Morgan fingerprint density at radius 3 is 2.83 bits per heavy atom. The average Bonchev–Trinajstić information content (AvgIpc) is 1.72. The van der Waals surface area contributed by atoms with Crippen LogP contribution in [0.15, 0.2) is 6.08 Å². The molecule has 6 heavy (non-hydrogen) atoms. The van der Waals surface area contributed by atoms with E-state index in [4.69, 9.17) is 0 Å². The fraction of sp³-hybridized carbons (Fsp3) is 0. The summed E-state index contributed by atoms with van der Waals surface area (Å²) in [5.74, 6) is 0. The summed E-state index contributed by atoms with van der Waals surface area (Å²) in [6.07, 6.45) is 4.20. The van der Waals surface area contributed by atoms with Crippen molar-refractivity contribution in [3.8, 4) is 0 Å². The quantitative estimate of drug-likeness (QED) is 0.343. The molecule has 0 N–H and O–H groups in total. The van der Waals surface area contributed by atoms with Crippen LogP contribution in [0.3, 0.4) is 0 Å². The van der Waals surface area contributed by atoms with Crippen LogP contribution < -0.4 is 0 Å². The van der Waals surface area contributed by atoms with Crippen molar-refractivity contribution in [1.29, 1.82) is 0 Å². The zero-order chi connectivity index (χ0) is 4.24. The average molecular weight is 274 g/mol. The maximum atomic E-state index is 4.58. The van der Waals surface area contributed by atoms with Gasteiger partial charge in [-0.05, 0) is 0 Å². The van der Waals surface area contributed by atoms with Crippen molar-refractivity contribution in [3.05, 3.63) is 12.3 Å². The van der Waals surface area contributed by atoms with Crippen molar-refractivity contribution in [1.82, 2.24) is 0 Å². The molecular weight excluding hydrogens is 272 g/mol. The van der Waals surface area contributed by atoms with Crippen molar-refractivity contribution in [2.75, 3.05) is 0 Å². The third-order valence-corrected chi connectivity index (χ3v) is 2.56. The van der Waals surface area contributed by atoms with Gasteiger partial charge in [-0.1, -0.05) is 0 Å². The Labute approximate surface area is 48.0 Å². The van der Waals surface area contributed by atoms with Gasteiger partial charge >= 0.3 is 47.8 Å². The molecule has 0 saturated carbocycles. The number of hydrogen-bond donors (Lipinski definition) is 0. The van der Waals surface area contributed by atoms with Gasteiger partial charge in [0, 0.05) is 0 Å². The van der Waals surface area contributed by atoms with Crippen LogP contribution in [0.1, 0.15) is 0 Å². The van der Waals surface area contributed by atoms with E-state index < -0.39 is 24.2 Å². The molecule has 30 valence electrons. The van der Waals surface area contributed by atoms with Gasteiger partial charge in [-0.3, -0.25) is 0 Å². The fourth-order valence-corrected chi connectivity index (χ4v) is 1.49. The number of allylic oxidation sites excluding steroid dienone is 1. The summed E-state index contributed by atoms with van der Waals surface area (Å²) < 4.78 is 6.60. The molecule has 0 aliphatic carbocycles. The molecule has 0 aromatic heterocycles. The second kappa shape index (κ2) is 2.46. The minimum absolute atomic E-state index is 0.953. The molecule has 1 aliphatic heterocycles. The van der Waals surface area contributed by atoms with Gasteiger partial charge in [-0.15, -0.1) is 0 Å². The van der Waals surface area contributed by atoms with Crippen molar-refractivity contribution < 1.29 is 7.73 Å². The molecule has 0 fully saturated rings. The number of hydrogen-bond acceptors (Lipinski definition) is 2. The van der Waals surface area contributed by atoms with Gasteiger partial charge in [0.25, 0.3) is 0 Å². The summed E-state index contributed by atoms with van der Waals surface area (Å²) in [4.78, 5) is 4.33. The molecule has 0 spiro atoms. The van der Waals surface area contributed by atoms with Crippen molar-refractivity contribution in [2.24, 2.45) is 0 Å². The second-order valence-corrected chi connectivity index (χ2v) is 4.10. The topological polar surface area (TPSA) is 18.5 Å². The predicted molar refractivity (Wildman–Crippen MR) is 21.8 cm³/mol. The van der Waals surface area contributed by atoms with Gasteiger partial charge in [0.1, 0.15) is 0 Å². The molecule has 0 aromatic carbocycles. The zero-order valence-electron chi connectivity index (χ0n) is 3.05. The Morgan fingerprint density at radius 2 is 2.67 bits per heavy atom. The van der Waals surface area contributed by atoms with E-state index in [1.807, 2.05) is 3.56 Å². The van der Waals surface area contributed by atoms with E-state index in [9.17, 15) is 0 Å². The molecule has 0 atom stereocenters. The molecule has 0 radical (unpaired) electrons. The summed E-state index contributed by atoms with van der Waals surface area (Å²) >= 11 is -0.953. The SMILES string of the molecule is [C-]1=C[CH]=[Tl][O]O1. The molecule has 1 rings (SSSR count). The molecule has 0 saturated heterocycles. The van der Waals surface area contributed by atoms with Crippen molar-refractivity contribution in [3.63, 3.8) is 0 Å². The fourth-order valence-electron chi connectivity index (χ4n) is 0.194. The van der Waals surface area contributed by atoms with Gasteiger partial charge in [0.05, 0.1) is 0 Å². The Balaban J connectivity index is 2.46. The summed E-state index contributed by atoms with van der Waals surface area (Å²) in [6, 6.07) is 0. The minimum atomic E-state index is -0.953. The van der Waals surface area contributed by atoms with Crippen LogP contribution in [0.2, 0.25) is 0 Å². The van der Waals surface area contributed by atoms with Crippen molar-refractivity contribution >= 4 is 27.8 Å². The molecule has 1 aliphatic rings. The van der Waals surface area contributed by atoms with Crippen LogP contribution in [0.4, 0.5) is 0 Å². The predicted octanol–water partition coefficient (Wildman–Crippen LogP) is -0.314. The first-order valence-corrected chi connectivity index (χ1v) is 5.99. The van der Waals surface area contributed by atoms with Gasteiger partial charge in [-0.2, -0.15) is 0 Å². The van der Waals surface area contributed by atoms with Crippen LogP contribution >= 0.6 is 0 Å². The van der Waals surface area contributed by atoms with Gasteiger partial charge in [-0.25, -0.2) is 0 Å². The summed E-state index contributed by atoms with van der Waals surface area (Å²) in [5.41, 5.74) is 0. The van der Waals surface area contributed by atoms with Gasteiger partial charge < -0.3 is 0 Å². The first-order valence-electron chi connectivity index (χ1n) is 1.56. The van der Waals surface area contributed by atoms with Crippen LogP contribution in [-0.2, 0) is 7.73 Å². The van der Waals surface area contributed by atoms with E-state index in [-0.39, 0.29) is 0 Å². The van der Waals surface area contributed by atoms with Crippen molar-refractivity contribution in [2.45, 2.75) is 0 Å². The first kappa shape index (κ1) is 4.45. The maximum absolute atomic E-state index is 4.58. The van der Waals surface area contributed by atoms with Crippen LogP contribution in [-0.4, -0.2) is 27.8 Å². The Hall–Kier alpha value is 0.292. The number of rotatable bonds is 0. The second-order valence-electron chi connectivity index (χ2n) is 0.793. The molecular formula is C3H2O2Tl-.